The van der Waals surface area contributed by atoms with Crippen LogP contribution in [0.5, 0.6) is 0 Å². The molecule has 5 nitrogen and oxygen atoms in total. The maximum atomic E-state index is 14.6. The zero-order valence-corrected chi connectivity index (χ0v) is 16.8. The Morgan fingerprint density at radius 2 is 2.07 bits per heavy atom. The van der Waals surface area contributed by atoms with Crippen LogP contribution in [0.4, 0.5) is 4.39 Å². The predicted molar refractivity (Wildman–Crippen MR) is 107 cm³/mol. The molecule has 1 saturated heterocycles. The standard InChI is InChI=1S/C22H29FN4O/c1-3-24-14-16-9-11-26(12-10-16)22(28)21-17-5-4-6-19(17)27(25-21)20-8-7-15(2)13-18(20)23/h7-8,13,16,24H,3-6,9-12,14H2,1-2H3. The summed E-state index contributed by atoms with van der Waals surface area (Å²) in [5, 5.41) is 8.01. The molecule has 4 rings (SSSR count). The molecule has 1 amide bonds. The number of carbonyl (C=O) groups is 1. The highest BCUT2D eigenvalue weighted by Crippen LogP contribution is 2.30. The van der Waals surface area contributed by atoms with Gasteiger partial charge in [-0.25, -0.2) is 9.07 Å². The topological polar surface area (TPSA) is 50.2 Å². The SMILES string of the molecule is CCNCC1CCN(C(=O)c2nn(-c3ccc(C)cc3F)c3c2CCC3)CC1. The number of likely N-dealkylation sites (tertiary alicyclic amines) is 1. The lowest BCUT2D eigenvalue weighted by Crippen LogP contribution is -2.41. The molecule has 0 spiro atoms. The first kappa shape index (κ1) is 19.1. The van der Waals surface area contributed by atoms with E-state index in [4.69, 9.17) is 0 Å². The molecular weight excluding hydrogens is 355 g/mol. The van der Waals surface area contributed by atoms with E-state index < -0.39 is 0 Å². The number of aryl methyl sites for hydroxylation is 1. The summed E-state index contributed by atoms with van der Waals surface area (Å²) < 4.78 is 16.2. The molecule has 0 unspecified atom stereocenters. The quantitative estimate of drug-likeness (QED) is 0.861. The van der Waals surface area contributed by atoms with Gasteiger partial charge in [0.2, 0.25) is 0 Å². The molecule has 1 aliphatic heterocycles. The number of hydrogen-bond donors (Lipinski definition) is 1. The van der Waals surface area contributed by atoms with Crippen molar-refractivity contribution in [1.82, 2.24) is 20.0 Å². The molecule has 0 bridgehead atoms. The minimum absolute atomic E-state index is 0.00585. The van der Waals surface area contributed by atoms with Gasteiger partial charge >= 0.3 is 0 Å². The molecule has 1 aromatic heterocycles. The number of nitrogens with one attached hydrogen (secondary N) is 1. The van der Waals surface area contributed by atoms with Crippen molar-refractivity contribution in [1.29, 1.82) is 0 Å². The van der Waals surface area contributed by atoms with E-state index in [1.54, 1.807) is 10.7 Å². The molecule has 1 N–H and O–H groups in total. The molecule has 1 aliphatic carbocycles. The number of fused-ring (bicyclic) bond motifs is 1. The monoisotopic (exact) mass is 384 g/mol. The number of halogens is 1. The fourth-order valence-corrected chi connectivity index (χ4v) is 4.43. The van der Waals surface area contributed by atoms with Gasteiger partial charge in [0, 0.05) is 24.3 Å². The Kier molecular flexibility index (Phi) is 5.49. The fraction of sp³-hybridized carbons (Fsp3) is 0.545. The highest BCUT2D eigenvalue weighted by molar-refractivity contribution is 5.94. The van der Waals surface area contributed by atoms with Crippen molar-refractivity contribution in [3.63, 3.8) is 0 Å². The van der Waals surface area contributed by atoms with Crippen molar-refractivity contribution in [2.45, 2.75) is 46.0 Å². The van der Waals surface area contributed by atoms with Gasteiger partial charge in [-0.3, -0.25) is 4.79 Å². The summed E-state index contributed by atoms with van der Waals surface area (Å²) in [5.74, 6) is 0.348. The summed E-state index contributed by atoms with van der Waals surface area (Å²) in [7, 11) is 0. The van der Waals surface area contributed by atoms with Gasteiger partial charge in [0.1, 0.15) is 11.5 Å². The number of benzene rings is 1. The van der Waals surface area contributed by atoms with Crippen LogP contribution < -0.4 is 5.32 Å². The van der Waals surface area contributed by atoms with E-state index >= 15 is 0 Å². The summed E-state index contributed by atoms with van der Waals surface area (Å²) >= 11 is 0. The summed E-state index contributed by atoms with van der Waals surface area (Å²) in [5.41, 5.74) is 3.85. The third-order valence-corrected chi connectivity index (χ3v) is 6.05. The van der Waals surface area contributed by atoms with Crippen molar-refractivity contribution < 1.29 is 9.18 Å². The van der Waals surface area contributed by atoms with Gasteiger partial charge in [0.05, 0.1) is 0 Å². The first-order chi connectivity index (χ1) is 13.6. The number of hydrogen-bond acceptors (Lipinski definition) is 3. The molecule has 1 fully saturated rings. The molecule has 6 heteroatoms. The lowest BCUT2D eigenvalue weighted by Gasteiger charge is -2.31. The van der Waals surface area contributed by atoms with Crippen molar-refractivity contribution in [3.05, 3.63) is 46.5 Å². The normalized spacial score (nSPS) is 17.2. The number of amides is 1. The van der Waals surface area contributed by atoms with Crippen LogP contribution in [0, 0.1) is 18.7 Å². The van der Waals surface area contributed by atoms with Crippen LogP contribution in [0.25, 0.3) is 5.69 Å². The van der Waals surface area contributed by atoms with Gasteiger partial charge < -0.3 is 10.2 Å². The van der Waals surface area contributed by atoms with Gasteiger partial charge in [0.25, 0.3) is 5.91 Å². The second kappa shape index (κ2) is 8.03. The molecule has 2 aromatic rings. The van der Waals surface area contributed by atoms with Gasteiger partial charge in [-0.1, -0.05) is 13.0 Å². The van der Waals surface area contributed by atoms with E-state index in [0.29, 0.717) is 17.3 Å². The largest absolute Gasteiger partial charge is 0.337 e. The Morgan fingerprint density at radius 3 is 2.79 bits per heavy atom. The molecule has 28 heavy (non-hydrogen) atoms. The highest BCUT2D eigenvalue weighted by atomic mass is 19.1. The number of rotatable bonds is 5. The fourth-order valence-electron chi connectivity index (χ4n) is 4.43. The molecular formula is C22H29FN4O. The Bertz CT molecular complexity index is 868. The lowest BCUT2D eigenvalue weighted by atomic mass is 9.96. The molecule has 0 atom stereocenters. The first-order valence-electron chi connectivity index (χ1n) is 10.5. The van der Waals surface area contributed by atoms with E-state index in [1.807, 2.05) is 17.9 Å². The van der Waals surface area contributed by atoms with E-state index in [9.17, 15) is 9.18 Å². The zero-order valence-electron chi connectivity index (χ0n) is 16.8. The van der Waals surface area contributed by atoms with Crippen LogP contribution in [0.1, 0.15) is 53.5 Å². The third kappa shape index (κ3) is 3.58. The Labute approximate surface area is 165 Å². The van der Waals surface area contributed by atoms with E-state index in [-0.39, 0.29) is 11.7 Å². The van der Waals surface area contributed by atoms with Crippen LogP contribution in [0.3, 0.4) is 0 Å². The molecule has 0 saturated carbocycles. The predicted octanol–water partition coefficient (Wildman–Crippen LogP) is 3.27. The Morgan fingerprint density at radius 1 is 1.29 bits per heavy atom. The minimum Gasteiger partial charge on any atom is -0.337 e. The molecule has 2 aliphatic rings. The summed E-state index contributed by atoms with van der Waals surface area (Å²) in [6.07, 6.45) is 4.72. The Hall–Kier alpha value is -2.21. The minimum atomic E-state index is -0.291. The van der Waals surface area contributed by atoms with Crippen molar-refractivity contribution >= 4 is 5.91 Å². The van der Waals surface area contributed by atoms with Crippen molar-refractivity contribution in [2.24, 2.45) is 5.92 Å². The van der Waals surface area contributed by atoms with Crippen LogP contribution in [0.2, 0.25) is 0 Å². The van der Waals surface area contributed by atoms with E-state index in [2.05, 4.69) is 17.3 Å². The second-order valence-electron chi connectivity index (χ2n) is 8.04. The number of piperidine rings is 1. The van der Waals surface area contributed by atoms with Crippen molar-refractivity contribution in [2.75, 3.05) is 26.2 Å². The zero-order chi connectivity index (χ0) is 19.7. The third-order valence-electron chi connectivity index (χ3n) is 6.05. The number of nitrogens with zero attached hydrogens (tertiary/aromatic N) is 3. The average Bonchev–Trinajstić information content (AvgIpc) is 3.29. The van der Waals surface area contributed by atoms with E-state index in [0.717, 1.165) is 75.1 Å². The number of aromatic nitrogens is 2. The van der Waals surface area contributed by atoms with Crippen LogP contribution in [-0.4, -0.2) is 46.8 Å². The van der Waals surface area contributed by atoms with Gasteiger partial charge in [-0.05, 0) is 75.7 Å². The summed E-state index contributed by atoms with van der Waals surface area (Å²) in [4.78, 5) is 15.1. The average molecular weight is 384 g/mol. The Balaban J connectivity index is 1.57. The molecule has 1 aromatic carbocycles. The smallest absolute Gasteiger partial charge is 0.274 e. The van der Waals surface area contributed by atoms with Gasteiger partial charge in [0.15, 0.2) is 5.69 Å². The van der Waals surface area contributed by atoms with Crippen LogP contribution in [-0.2, 0) is 12.8 Å². The molecule has 150 valence electrons. The highest BCUT2D eigenvalue weighted by Gasteiger charge is 2.31. The summed E-state index contributed by atoms with van der Waals surface area (Å²) in [6.45, 7) is 7.54. The summed E-state index contributed by atoms with van der Waals surface area (Å²) in [6, 6.07) is 5.17. The van der Waals surface area contributed by atoms with Crippen LogP contribution >= 0.6 is 0 Å². The second-order valence-corrected chi connectivity index (χ2v) is 8.04. The number of carbonyl (C=O) groups excluding carboxylic acids is 1. The van der Waals surface area contributed by atoms with Gasteiger partial charge in [-0.15, -0.1) is 0 Å². The first-order valence-corrected chi connectivity index (χ1v) is 10.5. The molecule has 2 heterocycles. The lowest BCUT2D eigenvalue weighted by molar-refractivity contribution is 0.0682. The maximum Gasteiger partial charge on any atom is 0.274 e. The molecule has 0 radical (unpaired) electrons. The van der Waals surface area contributed by atoms with Crippen molar-refractivity contribution in [3.8, 4) is 5.69 Å². The maximum absolute atomic E-state index is 14.6. The van der Waals surface area contributed by atoms with Gasteiger partial charge in [-0.2, -0.15) is 5.10 Å². The van der Waals surface area contributed by atoms with Crippen LogP contribution in [0.15, 0.2) is 18.2 Å². The van der Waals surface area contributed by atoms with E-state index in [1.165, 1.54) is 6.07 Å².